The largest absolute Gasteiger partial charge is 0.384 e. The molecule has 0 fully saturated rings. The van der Waals surface area contributed by atoms with E-state index in [4.69, 9.17) is 17.3 Å². The molecule has 0 saturated carbocycles. The predicted molar refractivity (Wildman–Crippen MR) is 65.8 cm³/mol. The standard InChI is InChI=1S/C10H11ClN6O/c1-17(4-9-14-5-15-16-9)10(18)6-2-8(12)13-3-7(6)11/h2-3,5H,4H2,1H3,(H2,12,13)(H,14,15,16). The molecular formula is C10H11ClN6O. The minimum absolute atomic E-state index is 0.246. The number of H-pyrrole nitrogens is 1. The number of pyridine rings is 1. The Morgan fingerprint density at radius 2 is 2.33 bits per heavy atom. The van der Waals surface area contributed by atoms with Gasteiger partial charge in [0.1, 0.15) is 18.0 Å². The highest BCUT2D eigenvalue weighted by Crippen LogP contribution is 2.18. The van der Waals surface area contributed by atoms with Crippen molar-refractivity contribution in [3.63, 3.8) is 0 Å². The van der Waals surface area contributed by atoms with Crippen LogP contribution in [0, 0.1) is 0 Å². The molecule has 3 N–H and O–H groups in total. The summed E-state index contributed by atoms with van der Waals surface area (Å²) in [6, 6.07) is 1.45. The minimum atomic E-state index is -0.259. The number of carbonyl (C=O) groups excluding carboxylic acids is 1. The van der Waals surface area contributed by atoms with Crippen molar-refractivity contribution < 1.29 is 4.79 Å². The molecule has 0 atom stereocenters. The number of nitrogens with two attached hydrogens (primary N) is 1. The van der Waals surface area contributed by atoms with E-state index >= 15 is 0 Å². The van der Waals surface area contributed by atoms with Gasteiger partial charge in [-0.1, -0.05) is 11.6 Å². The van der Waals surface area contributed by atoms with Gasteiger partial charge in [-0.3, -0.25) is 9.89 Å². The zero-order valence-electron chi connectivity index (χ0n) is 9.59. The Labute approximate surface area is 108 Å². The molecule has 0 bridgehead atoms. The van der Waals surface area contributed by atoms with Crippen LogP contribution in [0.4, 0.5) is 5.82 Å². The first kappa shape index (κ1) is 12.3. The van der Waals surface area contributed by atoms with E-state index < -0.39 is 0 Å². The van der Waals surface area contributed by atoms with Gasteiger partial charge < -0.3 is 10.6 Å². The number of anilines is 1. The van der Waals surface area contributed by atoms with Crippen LogP contribution < -0.4 is 5.73 Å². The summed E-state index contributed by atoms with van der Waals surface area (Å²) in [5.41, 5.74) is 5.84. The lowest BCUT2D eigenvalue weighted by Gasteiger charge is -2.16. The number of nitrogen functional groups attached to an aromatic ring is 1. The average molecular weight is 267 g/mol. The average Bonchev–Trinajstić information content (AvgIpc) is 2.84. The molecule has 0 radical (unpaired) electrons. The molecule has 94 valence electrons. The topological polar surface area (TPSA) is 101 Å². The van der Waals surface area contributed by atoms with E-state index in [9.17, 15) is 4.79 Å². The Morgan fingerprint density at radius 3 is 3.00 bits per heavy atom. The molecule has 2 rings (SSSR count). The van der Waals surface area contributed by atoms with Crippen LogP contribution in [-0.2, 0) is 6.54 Å². The first-order valence-corrected chi connectivity index (χ1v) is 5.46. The van der Waals surface area contributed by atoms with Crippen molar-refractivity contribution in [3.05, 3.63) is 35.0 Å². The molecule has 0 saturated heterocycles. The number of aromatic amines is 1. The van der Waals surface area contributed by atoms with E-state index in [1.165, 1.54) is 23.5 Å². The summed E-state index contributed by atoms with van der Waals surface area (Å²) in [5, 5.41) is 6.65. The summed E-state index contributed by atoms with van der Waals surface area (Å²) >= 11 is 5.92. The van der Waals surface area contributed by atoms with Gasteiger partial charge in [0.05, 0.1) is 17.1 Å². The molecule has 18 heavy (non-hydrogen) atoms. The van der Waals surface area contributed by atoms with Crippen molar-refractivity contribution in [2.75, 3.05) is 12.8 Å². The Balaban J connectivity index is 2.17. The highest BCUT2D eigenvalue weighted by atomic mass is 35.5. The number of hydrogen-bond donors (Lipinski definition) is 2. The fraction of sp³-hybridized carbons (Fsp3) is 0.200. The van der Waals surface area contributed by atoms with E-state index in [1.54, 1.807) is 7.05 Å². The summed E-state index contributed by atoms with van der Waals surface area (Å²) in [5.74, 6) is 0.574. The van der Waals surface area contributed by atoms with Crippen molar-refractivity contribution in [1.82, 2.24) is 25.1 Å². The maximum atomic E-state index is 12.1. The third-order valence-corrected chi connectivity index (χ3v) is 2.61. The summed E-state index contributed by atoms with van der Waals surface area (Å²) in [7, 11) is 1.64. The Kier molecular flexibility index (Phi) is 3.42. The van der Waals surface area contributed by atoms with Crippen LogP contribution in [0.15, 0.2) is 18.6 Å². The summed E-state index contributed by atoms with van der Waals surface area (Å²) < 4.78 is 0. The summed E-state index contributed by atoms with van der Waals surface area (Å²) in [6.07, 6.45) is 2.73. The van der Waals surface area contributed by atoms with Crippen LogP contribution in [0.25, 0.3) is 0 Å². The van der Waals surface area contributed by atoms with E-state index in [-0.39, 0.29) is 16.7 Å². The lowest BCUT2D eigenvalue weighted by molar-refractivity contribution is 0.0782. The van der Waals surface area contributed by atoms with Crippen LogP contribution in [0.3, 0.4) is 0 Å². The fourth-order valence-corrected chi connectivity index (χ4v) is 1.61. The zero-order chi connectivity index (χ0) is 13.1. The third kappa shape index (κ3) is 2.57. The second kappa shape index (κ2) is 5.01. The number of aromatic nitrogens is 4. The predicted octanol–water partition coefficient (Wildman–Crippen LogP) is 0.707. The second-order valence-electron chi connectivity index (χ2n) is 3.68. The second-order valence-corrected chi connectivity index (χ2v) is 4.09. The minimum Gasteiger partial charge on any atom is -0.384 e. The smallest absolute Gasteiger partial charge is 0.255 e. The van der Waals surface area contributed by atoms with Crippen molar-refractivity contribution >= 4 is 23.3 Å². The van der Waals surface area contributed by atoms with Gasteiger partial charge in [-0.15, -0.1) is 0 Å². The fourth-order valence-electron chi connectivity index (χ4n) is 1.43. The summed E-state index contributed by atoms with van der Waals surface area (Å²) in [6.45, 7) is 0.303. The number of rotatable bonds is 3. The van der Waals surface area contributed by atoms with Crippen molar-refractivity contribution in [2.45, 2.75) is 6.54 Å². The van der Waals surface area contributed by atoms with Gasteiger partial charge in [-0.05, 0) is 6.07 Å². The molecule has 2 heterocycles. The molecule has 2 aromatic heterocycles. The van der Waals surface area contributed by atoms with Gasteiger partial charge in [0.2, 0.25) is 0 Å². The van der Waals surface area contributed by atoms with Gasteiger partial charge in [0, 0.05) is 13.2 Å². The van der Waals surface area contributed by atoms with E-state index in [1.807, 2.05) is 0 Å². The number of nitrogens with one attached hydrogen (secondary N) is 1. The Hall–Kier alpha value is -2.15. The van der Waals surface area contributed by atoms with Crippen molar-refractivity contribution in [1.29, 1.82) is 0 Å². The van der Waals surface area contributed by atoms with Crippen LogP contribution in [0.5, 0.6) is 0 Å². The van der Waals surface area contributed by atoms with Crippen molar-refractivity contribution in [2.24, 2.45) is 0 Å². The first-order valence-electron chi connectivity index (χ1n) is 5.08. The van der Waals surface area contributed by atoms with Crippen LogP contribution in [0.2, 0.25) is 5.02 Å². The van der Waals surface area contributed by atoms with Gasteiger partial charge in [-0.2, -0.15) is 5.10 Å². The number of halogens is 1. The highest BCUT2D eigenvalue weighted by molar-refractivity contribution is 6.33. The molecule has 0 aliphatic rings. The van der Waals surface area contributed by atoms with Gasteiger partial charge in [0.15, 0.2) is 0 Å². The van der Waals surface area contributed by atoms with Crippen LogP contribution >= 0.6 is 11.6 Å². The Morgan fingerprint density at radius 1 is 1.56 bits per heavy atom. The molecule has 0 aliphatic carbocycles. The number of nitrogens with zero attached hydrogens (tertiary/aromatic N) is 4. The number of carbonyl (C=O) groups is 1. The molecule has 8 heteroatoms. The molecule has 0 aromatic carbocycles. The van der Waals surface area contributed by atoms with E-state index in [0.717, 1.165) is 0 Å². The zero-order valence-corrected chi connectivity index (χ0v) is 10.3. The maximum Gasteiger partial charge on any atom is 0.255 e. The van der Waals surface area contributed by atoms with E-state index in [0.29, 0.717) is 17.9 Å². The molecule has 0 aliphatic heterocycles. The Bertz CT molecular complexity index is 556. The third-order valence-electron chi connectivity index (χ3n) is 2.31. The molecule has 0 spiro atoms. The summed E-state index contributed by atoms with van der Waals surface area (Å²) in [4.78, 5) is 21.3. The SMILES string of the molecule is CN(Cc1ncn[nH]1)C(=O)c1cc(N)ncc1Cl. The lowest BCUT2D eigenvalue weighted by atomic mass is 10.2. The normalized spacial score (nSPS) is 10.3. The van der Waals surface area contributed by atoms with Gasteiger partial charge in [0.25, 0.3) is 5.91 Å². The molecule has 2 aromatic rings. The maximum absolute atomic E-state index is 12.1. The van der Waals surface area contributed by atoms with Crippen LogP contribution in [-0.4, -0.2) is 38.0 Å². The quantitative estimate of drug-likeness (QED) is 0.852. The first-order chi connectivity index (χ1) is 8.58. The van der Waals surface area contributed by atoms with Crippen LogP contribution in [0.1, 0.15) is 16.2 Å². The molecular weight excluding hydrogens is 256 g/mol. The number of hydrogen-bond acceptors (Lipinski definition) is 5. The van der Waals surface area contributed by atoms with Gasteiger partial charge >= 0.3 is 0 Å². The molecule has 0 unspecified atom stereocenters. The molecule has 7 nitrogen and oxygen atoms in total. The van der Waals surface area contributed by atoms with E-state index in [2.05, 4.69) is 20.2 Å². The number of amides is 1. The van der Waals surface area contributed by atoms with Gasteiger partial charge in [-0.25, -0.2) is 9.97 Å². The lowest BCUT2D eigenvalue weighted by Crippen LogP contribution is -2.27. The molecule has 1 amide bonds. The monoisotopic (exact) mass is 266 g/mol. The highest BCUT2D eigenvalue weighted by Gasteiger charge is 2.17. The van der Waals surface area contributed by atoms with Crippen molar-refractivity contribution in [3.8, 4) is 0 Å².